The molecule has 0 bridgehead atoms. The van der Waals surface area contributed by atoms with Crippen molar-refractivity contribution in [3.63, 3.8) is 0 Å². The van der Waals surface area contributed by atoms with E-state index in [1.165, 1.54) is 6.92 Å². The molecule has 1 aromatic carbocycles. The first-order valence-corrected chi connectivity index (χ1v) is 9.01. The fraction of sp³-hybridized carbons (Fsp3) is 0.632. The number of hydrogen-bond acceptors (Lipinski definition) is 5. The molecule has 7 heteroatoms. The third kappa shape index (κ3) is 4.18. The van der Waals surface area contributed by atoms with Gasteiger partial charge in [0.1, 0.15) is 12.2 Å². The highest BCUT2D eigenvalue weighted by Gasteiger charge is 2.51. The van der Waals surface area contributed by atoms with Crippen LogP contribution in [0.5, 0.6) is 0 Å². The van der Waals surface area contributed by atoms with Gasteiger partial charge in [-0.1, -0.05) is 35.4 Å². The predicted molar refractivity (Wildman–Crippen MR) is 95.0 cm³/mol. The van der Waals surface area contributed by atoms with Crippen LogP contribution in [-0.2, 0) is 19.0 Å². The van der Waals surface area contributed by atoms with Gasteiger partial charge in [0.05, 0.1) is 12.1 Å². The minimum atomic E-state index is -0.688. The van der Waals surface area contributed by atoms with Crippen molar-refractivity contribution in [2.45, 2.75) is 70.2 Å². The lowest BCUT2D eigenvalue weighted by Gasteiger charge is -2.38. The summed E-state index contributed by atoms with van der Waals surface area (Å²) in [5.41, 5.74) is 9.94. The summed E-state index contributed by atoms with van der Waals surface area (Å²) < 4.78 is 17.6. The monoisotopic (exact) mass is 359 g/mol. The van der Waals surface area contributed by atoms with Gasteiger partial charge in [-0.15, -0.1) is 0 Å². The van der Waals surface area contributed by atoms with Gasteiger partial charge < -0.3 is 14.2 Å². The molecule has 0 aromatic heterocycles. The van der Waals surface area contributed by atoms with Crippen molar-refractivity contribution in [2.24, 2.45) is 11.0 Å². The molecule has 1 aromatic rings. The molecule has 3 rings (SSSR count). The molecule has 1 heterocycles. The Balaban J connectivity index is 1.82. The van der Waals surface area contributed by atoms with Crippen molar-refractivity contribution in [3.05, 3.63) is 46.3 Å². The van der Waals surface area contributed by atoms with Gasteiger partial charge in [0, 0.05) is 11.8 Å². The molecule has 0 N–H and O–H groups in total. The Morgan fingerprint density at radius 1 is 1.35 bits per heavy atom. The van der Waals surface area contributed by atoms with Crippen molar-refractivity contribution in [2.75, 3.05) is 0 Å². The summed E-state index contributed by atoms with van der Waals surface area (Å²) in [6.45, 7) is 5.15. The van der Waals surface area contributed by atoms with E-state index >= 15 is 0 Å². The fourth-order valence-electron chi connectivity index (χ4n) is 4.06. The molecular formula is C19H25N3O4. The van der Waals surface area contributed by atoms with Crippen molar-refractivity contribution in [1.82, 2.24) is 0 Å². The van der Waals surface area contributed by atoms with Crippen LogP contribution in [0.2, 0.25) is 0 Å². The van der Waals surface area contributed by atoms with Crippen LogP contribution < -0.4 is 0 Å². The molecule has 2 aliphatic rings. The van der Waals surface area contributed by atoms with Crippen LogP contribution in [0.25, 0.3) is 10.4 Å². The Morgan fingerprint density at radius 2 is 2.08 bits per heavy atom. The van der Waals surface area contributed by atoms with Crippen LogP contribution in [0.1, 0.15) is 51.6 Å². The highest BCUT2D eigenvalue weighted by molar-refractivity contribution is 5.66. The molecule has 0 spiro atoms. The summed E-state index contributed by atoms with van der Waals surface area (Å²) in [6.07, 6.45) is 1.46. The molecule has 140 valence electrons. The maximum atomic E-state index is 11.7. The molecule has 5 atom stereocenters. The average Bonchev–Trinajstić information content (AvgIpc) is 2.91. The van der Waals surface area contributed by atoms with E-state index in [4.69, 9.17) is 19.7 Å². The second kappa shape index (κ2) is 7.66. The van der Waals surface area contributed by atoms with E-state index in [-0.39, 0.29) is 30.1 Å². The third-order valence-corrected chi connectivity index (χ3v) is 5.04. The molecule has 1 aliphatic heterocycles. The van der Waals surface area contributed by atoms with Crippen molar-refractivity contribution < 1.29 is 19.0 Å². The number of esters is 1. The second-order valence-electron chi connectivity index (χ2n) is 7.42. The Bertz CT molecular complexity index is 687. The summed E-state index contributed by atoms with van der Waals surface area (Å²) >= 11 is 0. The van der Waals surface area contributed by atoms with E-state index < -0.39 is 11.9 Å². The molecule has 0 amide bonds. The molecule has 1 aliphatic carbocycles. The molecule has 2 fully saturated rings. The standard InChI is InChI=1S/C19H25N3O4/c1-12(23)24-17-14(9-10-16-18(17)26-19(2,3)25-16)11-15(21-22-20)13-7-5-4-6-8-13/h4-8,14-18H,9-11H2,1-3H3. The number of azide groups is 1. The molecular weight excluding hydrogens is 334 g/mol. The molecule has 1 saturated heterocycles. The molecule has 7 nitrogen and oxygen atoms in total. The maximum absolute atomic E-state index is 11.7. The van der Waals surface area contributed by atoms with Crippen LogP contribution in [0.4, 0.5) is 0 Å². The van der Waals surface area contributed by atoms with E-state index in [0.717, 1.165) is 18.4 Å². The van der Waals surface area contributed by atoms with E-state index in [0.29, 0.717) is 6.42 Å². The first-order valence-electron chi connectivity index (χ1n) is 9.01. The lowest BCUT2D eigenvalue weighted by atomic mass is 9.78. The van der Waals surface area contributed by atoms with Crippen LogP contribution in [-0.4, -0.2) is 30.1 Å². The van der Waals surface area contributed by atoms with Crippen LogP contribution in [0.15, 0.2) is 35.4 Å². The van der Waals surface area contributed by atoms with Gasteiger partial charge >= 0.3 is 5.97 Å². The predicted octanol–water partition coefficient (Wildman–Crippen LogP) is 4.29. The number of fused-ring (bicyclic) bond motifs is 1. The van der Waals surface area contributed by atoms with Gasteiger partial charge in [0.15, 0.2) is 5.79 Å². The summed E-state index contributed by atoms with van der Waals surface area (Å²) in [4.78, 5) is 14.7. The SMILES string of the molecule is CC(=O)OC1C(CC(N=[N+]=[N-])c2ccccc2)CCC2OC(C)(C)OC21. The number of carbonyl (C=O) groups is 1. The van der Waals surface area contributed by atoms with E-state index in [1.54, 1.807) is 0 Å². The van der Waals surface area contributed by atoms with Gasteiger partial charge in [-0.05, 0) is 50.1 Å². The third-order valence-electron chi connectivity index (χ3n) is 5.04. The largest absolute Gasteiger partial charge is 0.459 e. The van der Waals surface area contributed by atoms with E-state index in [1.807, 2.05) is 44.2 Å². The molecule has 1 saturated carbocycles. The summed E-state index contributed by atoms with van der Waals surface area (Å²) in [5.74, 6) is -0.992. The zero-order valence-electron chi connectivity index (χ0n) is 15.4. The number of hydrogen-bond donors (Lipinski definition) is 0. The molecule has 26 heavy (non-hydrogen) atoms. The smallest absolute Gasteiger partial charge is 0.303 e. The normalized spacial score (nSPS) is 30.7. The Morgan fingerprint density at radius 3 is 2.73 bits per heavy atom. The summed E-state index contributed by atoms with van der Waals surface area (Å²) in [5, 5.41) is 3.98. The minimum Gasteiger partial charge on any atom is -0.459 e. The van der Waals surface area contributed by atoms with Gasteiger partial charge in [-0.3, -0.25) is 4.79 Å². The van der Waals surface area contributed by atoms with E-state index in [9.17, 15) is 4.79 Å². The fourth-order valence-corrected chi connectivity index (χ4v) is 4.06. The first kappa shape index (κ1) is 18.7. The van der Waals surface area contributed by atoms with Gasteiger partial charge in [0.2, 0.25) is 0 Å². The first-order chi connectivity index (χ1) is 12.4. The number of ether oxygens (including phenoxy) is 3. The Hall–Kier alpha value is -2.08. The van der Waals surface area contributed by atoms with E-state index in [2.05, 4.69) is 10.0 Å². The van der Waals surface area contributed by atoms with Crippen molar-refractivity contribution in [1.29, 1.82) is 0 Å². The highest BCUT2D eigenvalue weighted by atomic mass is 16.8. The van der Waals surface area contributed by atoms with Crippen molar-refractivity contribution in [3.8, 4) is 0 Å². The van der Waals surface area contributed by atoms with Gasteiger partial charge in [-0.25, -0.2) is 0 Å². The topological polar surface area (TPSA) is 93.5 Å². The summed E-state index contributed by atoms with van der Waals surface area (Å²) in [7, 11) is 0. The van der Waals surface area contributed by atoms with Gasteiger partial charge in [0.25, 0.3) is 0 Å². The average molecular weight is 359 g/mol. The van der Waals surface area contributed by atoms with Crippen LogP contribution in [0, 0.1) is 5.92 Å². The van der Waals surface area contributed by atoms with Crippen molar-refractivity contribution >= 4 is 5.97 Å². The molecule has 0 radical (unpaired) electrons. The maximum Gasteiger partial charge on any atom is 0.303 e. The van der Waals surface area contributed by atoms with Crippen LogP contribution >= 0.6 is 0 Å². The lowest BCUT2D eigenvalue weighted by molar-refractivity contribution is -0.175. The minimum absolute atomic E-state index is 0.0355. The van der Waals surface area contributed by atoms with Crippen LogP contribution in [0.3, 0.4) is 0 Å². The van der Waals surface area contributed by atoms with Gasteiger partial charge in [-0.2, -0.15) is 0 Å². The Kier molecular flexibility index (Phi) is 5.51. The number of nitrogens with zero attached hydrogens (tertiary/aromatic N) is 3. The summed E-state index contributed by atoms with van der Waals surface area (Å²) in [6, 6.07) is 9.36. The zero-order valence-corrected chi connectivity index (χ0v) is 15.4. The Labute approximate surface area is 153 Å². The zero-order chi connectivity index (χ0) is 18.7. The lowest BCUT2D eigenvalue weighted by Crippen LogP contribution is -2.47. The number of carbonyl (C=O) groups excluding carboxylic acids is 1. The molecule has 5 unspecified atom stereocenters. The number of benzene rings is 1. The number of rotatable bonds is 5. The highest BCUT2D eigenvalue weighted by Crippen LogP contribution is 2.43. The second-order valence-corrected chi connectivity index (χ2v) is 7.42. The quantitative estimate of drug-likeness (QED) is 0.339.